The van der Waals surface area contributed by atoms with Crippen LogP contribution in [0.1, 0.15) is 22.2 Å². The van der Waals surface area contributed by atoms with E-state index in [0.29, 0.717) is 33.4 Å². The molecular formula is C24H25N3O3S3. The summed E-state index contributed by atoms with van der Waals surface area (Å²) in [5, 5.41) is 6.13. The van der Waals surface area contributed by atoms with Gasteiger partial charge < -0.3 is 10.1 Å². The Kier molecular flexibility index (Phi) is 7.52. The van der Waals surface area contributed by atoms with Gasteiger partial charge in [-0.3, -0.25) is 14.2 Å². The maximum atomic E-state index is 13.6. The van der Waals surface area contributed by atoms with Gasteiger partial charge in [-0.25, -0.2) is 4.98 Å². The highest BCUT2D eigenvalue weighted by Gasteiger charge is 2.19. The number of rotatable bonds is 9. The number of nitrogens with zero attached hydrogens (tertiary/aromatic N) is 2. The minimum absolute atomic E-state index is 0.0836. The zero-order valence-electron chi connectivity index (χ0n) is 18.7. The van der Waals surface area contributed by atoms with E-state index in [0.717, 1.165) is 23.3 Å². The molecule has 0 aliphatic carbocycles. The standard InChI is InChI=1S/C24H25N3O3S3/c1-4-19-15(2)21-22(33-19)26-24(27(23(21)29)16-7-5-8-17(13-16)30-3)32-14-20(28)25-11-10-18-9-6-12-31-18/h5-9,12-13H,4,10-11,14H2,1-3H3,(H,25,28). The molecule has 4 aromatic rings. The van der Waals surface area contributed by atoms with Crippen LogP contribution in [0.25, 0.3) is 15.9 Å². The largest absolute Gasteiger partial charge is 0.497 e. The summed E-state index contributed by atoms with van der Waals surface area (Å²) in [4.78, 5) is 34.0. The van der Waals surface area contributed by atoms with E-state index in [1.165, 1.54) is 16.6 Å². The van der Waals surface area contributed by atoms with Gasteiger partial charge >= 0.3 is 0 Å². The highest BCUT2D eigenvalue weighted by molar-refractivity contribution is 7.99. The molecule has 0 aliphatic heterocycles. The molecule has 1 aromatic carbocycles. The molecule has 0 spiro atoms. The Morgan fingerprint density at radius 1 is 1.27 bits per heavy atom. The van der Waals surface area contributed by atoms with E-state index in [1.54, 1.807) is 34.4 Å². The van der Waals surface area contributed by atoms with E-state index in [2.05, 4.69) is 18.3 Å². The Morgan fingerprint density at radius 2 is 2.12 bits per heavy atom. The van der Waals surface area contributed by atoms with Crippen molar-refractivity contribution in [3.05, 3.63) is 67.4 Å². The number of aromatic nitrogens is 2. The summed E-state index contributed by atoms with van der Waals surface area (Å²) in [7, 11) is 1.59. The molecule has 0 saturated carbocycles. The molecule has 3 aromatic heterocycles. The number of fused-ring (bicyclic) bond motifs is 1. The molecule has 0 fully saturated rings. The van der Waals surface area contributed by atoms with Gasteiger partial charge in [-0.2, -0.15) is 0 Å². The Morgan fingerprint density at radius 3 is 2.85 bits per heavy atom. The minimum Gasteiger partial charge on any atom is -0.497 e. The van der Waals surface area contributed by atoms with Crippen LogP contribution >= 0.6 is 34.4 Å². The lowest BCUT2D eigenvalue weighted by Gasteiger charge is -2.13. The van der Waals surface area contributed by atoms with E-state index in [-0.39, 0.29) is 17.2 Å². The highest BCUT2D eigenvalue weighted by atomic mass is 32.2. The lowest BCUT2D eigenvalue weighted by atomic mass is 10.2. The van der Waals surface area contributed by atoms with E-state index in [9.17, 15) is 9.59 Å². The number of carbonyl (C=O) groups excluding carboxylic acids is 1. The number of thioether (sulfide) groups is 1. The number of hydrogen-bond donors (Lipinski definition) is 1. The number of nitrogens with one attached hydrogen (secondary N) is 1. The quantitative estimate of drug-likeness (QED) is 0.264. The van der Waals surface area contributed by atoms with Crippen LogP contribution in [-0.2, 0) is 17.6 Å². The average molecular weight is 500 g/mol. The Balaban J connectivity index is 1.64. The van der Waals surface area contributed by atoms with Crippen molar-refractivity contribution < 1.29 is 9.53 Å². The van der Waals surface area contributed by atoms with Gasteiger partial charge in [0.25, 0.3) is 5.56 Å². The topological polar surface area (TPSA) is 73.2 Å². The van der Waals surface area contributed by atoms with Gasteiger partial charge in [-0.1, -0.05) is 30.8 Å². The Hall–Kier alpha value is -2.62. The molecule has 1 amide bonds. The number of amides is 1. The van der Waals surface area contributed by atoms with Crippen LogP contribution in [0.15, 0.2) is 51.7 Å². The zero-order valence-corrected chi connectivity index (χ0v) is 21.2. The molecule has 0 unspecified atom stereocenters. The molecule has 172 valence electrons. The fourth-order valence-electron chi connectivity index (χ4n) is 3.58. The lowest BCUT2D eigenvalue weighted by Crippen LogP contribution is -2.28. The van der Waals surface area contributed by atoms with Crippen LogP contribution in [0.3, 0.4) is 0 Å². The first-order valence-corrected chi connectivity index (χ1v) is 13.3. The van der Waals surface area contributed by atoms with E-state index >= 15 is 0 Å². The molecule has 0 saturated heterocycles. The number of hydrogen-bond acceptors (Lipinski definition) is 7. The molecular weight excluding hydrogens is 474 g/mol. The summed E-state index contributed by atoms with van der Waals surface area (Å²) >= 11 is 4.50. The number of ether oxygens (including phenoxy) is 1. The first-order valence-electron chi connectivity index (χ1n) is 10.6. The van der Waals surface area contributed by atoms with E-state index in [4.69, 9.17) is 9.72 Å². The third-order valence-electron chi connectivity index (χ3n) is 5.27. The molecule has 4 rings (SSSR count). The molecule has 0 atom stereocenters. The Bertz CT molecular complexity index is 1330. The van der Waals surface area contributed by atoms with Crippen LogP contribution in [-0.4, -0.2) is 34.9 Å². The minimum atomic E-state index is -0.123. The van der Waals surface area contributed by atoms with Crippen molar-refractivity contribution in [2.24, 2.45) is 0 Å². The van der Waals surface area contributed by atoms with Gasteiger partial charge in [-0.05, 0) is 48.9 Å². The second kappa shape index (κ2) is 10.5. The second-order valence-corrected chi connectivity index (χ2v) is 10.4. The molecule has 0 bridgehead atoms. The summed E-state index contributed by atoms with van der Waals surface area (Å²) in [6, 6.07) is 11.4. The van der Waals surface area contributed by atoms with Gasteiger partial charge in [0.2, 0.25) is 5.91 Å². The van der Waals surface area contributed by atoms with E-state index in [1.807, 2.05) is 42.6 Å². The highest BCUT2D eigenvalue weighted by Crippen LogP contribution is 2.31. The maximum absolute atomic E-state index is 13.6. The fraction of sp³-hybridized carbons (Fsp3) is 0.292. The van der Waals surface area contributed by atoms with Crippen molar-refractivity contribution in [1.29, 1.82) is 0 Å². The number of thiophene rings is 2. The molecule has 1 N–H and O–H groups in total. The predicted molar refractivity (Wildman–Crippen MR) is 138 cm³/mol. The van der Waals surface area contributed by atoms with Gasteiger partial charge in [0.05, 0.1) is 23.9 Å². The monoisotopic (exact) mass is 499 g/mol. The van der Waals surface area contributed by atoms with Crippen molar-refractivity contribution in [1.82, 2.24) is 14.9 Å². The smallest absolute Gasteiger partial charge is 0.267 e. The summed E-state index contributed by atoms with van der Waals surface area (Å²) in [6.07, 6.45) is 1.65. The summed E-state index contributed by atoms with van der Waals surface area (Å²) < 4.78 is 6.95. The molecule has 33 heavy (non-hydrogen) atoms. The number of aryl methyl sites for hydroxylation is 2. The van der Waals surface area contributed by atoms with Gasteiger partial charge in [0, 0.05) is 22.4 Å². The van der Waals surface area contributed by atoms with Crippen molar-refractivity contribution in [3.63, 3.8) is 0 Å². The first-order chi connectivity index (χ1) is 16.0. The zero-order chi connectivity index (χ0) is 23.4. The molecule has 0 aliphatic rings. The van der Waals surface area contributed by atoms with Crippen LogP contribution < -0.4 is 15.6 Å². The van der Waals surface area contributed by atoms with Gasteiger partial charge in [0.15, 0.2) is 5.16 Å². The maximum Gasteiger partial charge on any atom is 0.267 e. The first kappa shape index (κ1) is 23.5. The Labute approximate surface area is 204 Å². The molecule has 0 radical (unpaired) electrons. The van der Waals surface area contributed by atoms with Crippen LogP contribution in [0.2, 0.25) is 0 Å². The van der Waals surface area contributed by atoms with Crippen LogP contribution in [0.4, 0.5) is 0 Å². The third-order valence-corrected chi connectivity index (χ3v) is 8.48. The normalized spacial score (nSPS) is 11.1. The van der Waals surface area contributed by atoms with Crippen molar-refractivity contribution in [2.75, 3.05) is 19.4 Å². The van der Waals surface area contributed by atoms with Crippen molar-refractivity contribution in [2.45, 2.75) is 31.8 Å². The molecule has 6 nitrogen and oxygen atoms in total. The van der Waals surface area contributed by atoms with Crippen LogP contribution in [0.5, 0.6) is 5.75 Å². The lowest BCUT2D eigenvalue weighted by molar-refractivity contribution is -0.118. The number of benzene rings is 1. The summed E-state index contributed by atoms with van der Waals surface area (Å²) in [5.41, 5.74) is 1.52. The molecule has 3 heterocycles. The van der Waals surface area contributed by atoms with Crippen LogP contribution in [0, 0.1) is 6.92 Å². The van der Waals surface area contributed by atoms with Crippen molar-refractivity contribution in [3.8, 4) is 11.4 Å². The number of methoxy groups -OCH3 is 1. The second-order valence-electron chi connectivity index (χ2n) is 7.39. The van der Waals surface area contributed by atoms with E-state index < -0.39 is 0 Å². The van der Waals surface area contributed by atoms with Gasteiger partial charge in [0.1, 0.15) is 10.6 Å². The predicted octanol–water partition coefficient (Wildman–Crippen LogP) is 4.84. The average Bonchev–Trinajstić information content (AvgIpc) is 3.45. The SMILES string of the molecule is CCc1sc2nc(SCC(=O)NCCc3cccs3)n(-c3cccc(OC)c3)c(=O)c2c1C. The third kappa shape index (κ3) is 5.15. The van der Waals surface area contributed by atoms with Crippen molar-refractivity contribution >= 4 is 50.6 Å². The molecule has 9 heteroatoms. The summed E-state index contributed by atoms with van der Waals surface area (Å²) in [6.45, 7) is 4.64. The summed E-state index contributed by atoms with van der Waals surface area (Å²) in [5.74, 6) is 0.745. The fourth-order valence-corrected chi connectivity index (χ4v) is 6.29. The van der Waals surface area contributed by atoms with Gasteiger partial charge in [-0.15, -0.1) is 22.7 Å². The number of carbonyl (C=O) groups is 1.